The van der Waals surface area contributed by atoms with Crippen molar-refractivity contribution in [2.75, 3.05) is 0 Å². The molecule has 0 unspecified atom stereocenters. The van der Waals surface area contributed by atoms with Crippen LogP contribution in [-0.2, 0) is 12.8 Å². The van der Waals surface area contributed by atoms with Gasteiger partial charge in [0.2, 0.25) is 0 Å². The largest absolute Gasteiger partial charge is 0.423 e. The lowest BCUT2D eigenvalue weighted by atomic mass is 10.1. The predicted molar refractivity (Wildman–Crippen MR) is 136 cm³/mol. The molecule has 0 amide bonds. The number of carbonyl (C=O) groups excluding carboxylic acids is 2. The summed E-state index contributed by atoms with van der Waals surface area (Å²) in [6.07, 6.45) is 9.20. The van der Waals surface area contributed by atoms with E-state index >= 15 is 0 Å². The Morgan fingerprint density at radius 2 is 0.882 bits per heavy atom. The molecule has 0 aliphatic heterocycles. The first kappa shape index (κ1) is 25.2. The normalized spacial score (nSPS) is 10.6. The van der Waals surface area contributed by atoms with Crippen LogP contribution in [0.15, 0.2) is 72.8 Å². The molecule has 0 bridgehead atoms. The molecule has 0 saturated carbocycles. The average molecular weight is 459 g/mol. The van der Waals surface area contributed by atoms with Gasteiger partial charge in [-0.3, -0.25) is 0 Å². The molecule has 4 heteroatoms. The Bertz CT molecular complexity index is 948. The highest BCUT2D eigenvalue weighted by molar-refractivity contribution is 5.94. The Balaban J connectivity index is 1.51. The zero-order chi connectivity index (χ0) is 24.2. The van der Waals surface area contributed by atoms with E-state index in [-0.39, 0.29) is 0 Å². The third-order valence-corrected chi connectivity index (χ3v) is 5.76. The third-order valence-electron chi connectivity index (χ3n) is 5.76. The summed E-state index contributed by atoms with van der Waals surface area (Å²) in [5, 5.41) is 0. The van der Waals surface area contributed by atoms with Crippen molar-refractivity contribution in [3.05, 3.63) is 95.1 Å². The summed E-state index contributed by atoms with van der Waals surface area (Å²) < 4.78 is 10.9. The molecule has 34 heavy (non-hydrogen) atoms. The van der Waals surface area contributed by atoms with Gasteiger partial charge in [0.1, 0.15) is 11.5 Å². The first-order valence-corrected chi connectivity index (χ1v) is 12.3. The molecule has 0 aliphatic rings. The summed E-state index contributed by atoms with van der Waals surface area (Å²) in [5.74, 6) is 0.0892. The van der Waals surface area contributed by atoms with Crippen molar-refractivity contribution in [2.45, 2.75) is 65.2 Å². The van der Waals surface area contributed by atoms with Crippen LogP contribution < -0.4 is 9.47 Å². The molecular weight excluding hydrogens is 424 g/mol. The van der Waals surface area contributed by atoms with Crippen LogP contribution >= 0.6 is 0 Å². The fraction of sp³-hybridized carbons (Fsp3) is 0.333. The Kier molecular flexibility index (Phi) is 9.90. The standard InChI is InChI=1S/C30H34O4/c1-3-5-7-9-23-11-19-27(20-12-23)33-29(31)25-15-17-26(18-16-25)30(32)34-28-21-13-24(14-22-28)10-8-6-4-2/h11-22H,3-10H2,1-2H3. The van der Waals surface area contributed by atoms with Gasteiger partial charge < -0.3 is 9.47 Å². The van der Waals surface area contributed by atoms with E-state index in [1.54, 1.807) is 24.3 Å². The van der Waals surface area contributed by atoms with E-state index in [1.807, 2.05) is 48.5 Å². The lowest BCUT2D eigenvalue weighted by Gasteiger charge is -2.08. The molecule has 0 atom stereocenters. The van der Waals surface area contributed by atoms with Crippen molar-refractivity contribution in [1.82, 2.24) is 0 Å². The van der Waals surface area contributed by atoms with Gasteiger partial charge in [-0.2, -0.15) is 0 Å². The molecule has 4 nitrogen and oxygen atoms in total. The summed E-state index contributed by atoms with van der Waals surface area (Å²) in [6.45, 7) is 4.37. The lowest BCUT2D eigenvalue weighted by molar-refractivity contribution is 0.0720. The van der Waals surface area contributed by atoms with E-state index in [2.05, 4.69) is 13.8 Å². The molecular formula is C30H34O4. The summed E-state index contributed by atoms with van der Waals surface area (Å²) >= 11 is 0. The minimum absolute atomic E-state index is 0.375. The molecule has 0 aromatic heterocycles. The number of unbranched alkanes of at least 4 members (excludes halogenated alkanes) is 4. The van der Waals surface area contributed by atoms with Crippen LogP contribution in [0.1, 0.15) is 84.2 Å². The van der Waals surface area contributed by atoms with Crippen LogP contribution in [0.25, 0.3) is 0 Å². The summed E-state index contributed by atoms with van der Waals surface area (Å²) in [4.78, 5) is 24.9. The molecule has 3 rings (SSSR count). The van der Waals surface area contributed by atoms with E-state index in [0.29, 0.717) is 22.6 Å². The van der Waals surface area contributed by atoms with E-state index < -0.39 is 11.9 Å². The fourth-order valence-corrected chi connectivity index (χ4v) is 3.68. The van der Waals surface area contributed by atoms with E-state index in [0.717, 1.165) is 25.7 Å². The van der Waals surface area contributed by atoms with Gasteiger partial charge in [0.15, 0.2) is 0 Å². The van der Waals surface area contributed by atoms with Crippen LogP contribution in [0.5, 0.6) is 11.5 Å². The Morgan fingerprint density at radius 3 is 1.21 bits per heavy atom. The number of benzene rings is 3. The monoisotopic (exact) mass is 458 g/mol. The fourth-order valence-electron chi connectivity index (χ4n) is 3.68. The van der Waals surface area contributed by atoms with Crippen LogP contribution in [0.2, 0.25) is 0 Å². The number of ether oxygens (including phenoxy) is 2. The molecule has 0 fully saturated rings. The van der Waals surface area contributed by atoms with Crippen molar-refractivity contribution in [2.24, 2.45) is 0 Å². The molecule has 3 aromatic rings. The maximum Gasteiger partial charge on any atom is 0.343 e. The van der Waals surface area contributed by atoms with Crippen LogP contribution in [0.4, 0.5) is 0 Å². The van der Waals surface area contributed by atoms with Gasteiger partial charge in [0.05, 0.1) is 11.1 Å². The van der Waals surface area contributed by atoms with E-state index in [1.165, 1.54) is 36.8 Å². The Labute approximate surface area is 202 Å². The lowest BCUT2D eigenvalue weighted by Crippen LogP contribution is -2.11. The highest BCUT2D eigenvalue weighted by Gasteiger charge is 2.13. The molecule has 0 saturated heterocycles. The molecule has 0 aliphatic carbocycles. The van der Waals surface area contributed by atoms with Crippen LogP contribution in [0, 0.1) is 0 Å². The van der Waals surface area contributed by atoms with Gasteiger partial charge in [-0.15, -0.1) is 0 Å². The molecule has 0 heterocycles. The molecule has 178 valence electrons. The van der Waals surface area contributed by atoms with Gasteiger partial charge in [0.25, 0.3) is 0 Å². The number of carbonyl (C=O) groups is 2. The highest BCUT2D eigenvalue weighted by Crippen LogP contribution is 2.18. The maximum atomic E-state index is 12.5. The average Bonchev–Trinajstić information content (AvgIpc) is 2.86. The quantitative estimate of drug-likeness (QED) is 0.159. The summed E-state index contributed by atoms with van der Waals surface area (Å²) in [7, 11) is 0. The summed E-state index contributed by atoms with van der Waals surface area (Å²) in [6, 6.07) is 21.6. The topological polar surface area (TPSA) is 52.6 Å². The van der Waals surface area contributed by atoms with Crippen molar-refractivity contribution in [3.63, 3.8) is 0 Å². The van der Waals surface area contributed by atoms with Crippen LogP contribution in [0.3, 0.4) is 0 Å². The van der Waals surface area contributed by atoms with Crippen LogP contribution in [-0.4, -0.2) is 11.9 Å². The van der Waals surface area contributed by atoms with Gasteiger partial charge in [-0.1, -0.05) is 63.8 Å². The second-order valence-electron chi connectivity index (χ2n) is 8.56. The highest BCUT2D eigenvalue weighted by atomic mass is 16.5. The molecule has 0 spiro atoms. The minimum atomic E-state index is -0.461. The molecule has 0 N–H and O–H groups in total. The van der Waals surface area contributed by atoms with Crippen molar-refractivity contribution in [1.29, 1.82) is 0 Å². The summed E-state index contributed by atoms with van der Waals surface area (Å²) in [5.41, 5.74) is 3.23. The zero-order valence-corrected chi connectivity index (χ0v) is 20.2. The Morgan fingerprint density at radius 1 is 0.529 bits per heavy atom. The maximum absolute atomic E-state index is 12.5. The Hall–Kier alpha value is -3.40. The van der Waals surface area contributed by atoms with Gasteiger partial charge in [0, 0.05) is 0 Å². The second-order valence-corrected chi connectivity index (χ2v) is 8.56. The SMILES string of the molecule is CCCCCc1ccc(OC(=O)c2ccc(C(=O)Oc3ccc(CCCCC)cc3)cc2)cc1. The van der Waals surface area contributed by atoms with Gasteiger partial charge >= 0.3 is 11.9 Å². The van der Waals surface area contributed by atoms with E-state index in [4.69, 9.17) is 9.47 Å². The number of hydrogen-bond acceptors (Lipinski definition) is 4. The molecule has 3 aromatic carbocycles. The van der Waals surface area contributed by atoms with E-state index in [9.17, 15) is 9.59 Å². The molecule has 0 radical (unpaired) electrons. The minimum Gasteiger partial charge on any atom is -0.423 e. The number of rotatable bonds is 12. The van der Waals surface area contributed by atoms with Crippen molar-refractivity contribution >= 4 is 11.9 Å². The smallest absolute Gasteiger partial charge is 0.343 e. The third kappa shape index (κ3) is 7.87. The number of aryl methyl sites for hydroxylation is 2. The van der Waals surface area contributed by atoms with Gasteiger partial charge in [-0.25, -0.2) is 9.59 Å². The first-order valence-electron chi connectivity index (χ1n) is 12.3. The zero-order valence-electron chi connectivity index (χ0n) is 20.2. The van der Waals surface area contributed by atoms with Gasteiger partial charge in [-0.05, 0) is 85.3 Å². The number of esters is 2. The second kappa shape index (κ2) is 13.3. The van der Waals surface area contributed by atoms with Crippen molar-refractivity contribution in [3.8, 4) is 11.5 Å². The first-order chi connectivity index (χ1) is 16.6. The van der Waals surface area contributed by atoms with Crippen molar-refractivity contribution < 1.29 is 19.1 Å². The predicted octanol–water partition coefficient (Wildman–Crippen LogP) is 7.59. The number of hydrogen-bond donors (Lipinski definition) is 0.